The van der Waals surface area contributed by atoms with E-state index in [0.717, 1.165) is 12.2 Å². The van der Waals surface area contributed by atoms with E-state index in [4.69, 9.17) is 39.9 Å². The van der Waals surface area contributed by atoms with Crippen molar-refractivity contribution in [3.05, 3.63) is 117 Å². The van der Waals surface area contributed by atoms with E-state index >= 15 is 0 Å². The number of nitrogens with two attached hydrogens (primary N) is 2. The molecular formula is C62H85N7O16. The quantitative estimate of drug-likeness (QED) is 0.0635. The lowest BCUT2D eigenvalue weighted by atomic mass is 9.85. The Morgan fingerprint density at radius 1 is 0.553 bits per heavy atom. The van der Waals surface area contributed by atoms with E-state index in [2.05, 4.69) is 26.6 Å². The first kappa shape index (κ1) is 69.8. The Bertz CT molecular complexity index is 2700. The SMILES string of the molecule is CO[C@H]1C[C@H](C)CC2=C(NCCCNCCCNC3=C4C[C@H](C)C[C@@H](OC)C(=O)[C@H](C)/C=C(\C)[C@@H](OC(N)=O)[C@H](OC)/C=C\C=C(/C)C(=O)NC(=CC3=O)C4=O)C(=O)C=C(NC(=O)/C(C)=C/C=C\[C@H](OC)[C@@H](OC(N)=O)/C(C)=C/[C@H](C)C1=O)C2=O. The molecule has 0 fully saturated rings. The highest BCUT2D eigenvalue weighted by molar-refractivity contribution is 6.24. The molecule has 0 aromatic carbocycles. The van der Waals surface area contributed by atoms with E-state index in [-0.39, 0.29) is 107 Å². The maximum Gasteiger partial charge on any atom is 0.405 e. The van der Waals surface area contributed by atoms with Crippen LogP contribution in [0.2, 0.25) is 0 Å². The number of hydrogen-bond donors (Lipinski definition) is 7. The van der Waals surface area contributed by atoms with Gasteiger partial charge in [-0.3, -0.25) is 38.4 Å². The molecule has 85 heavy (non-hydrogen) atoms. The summed E-state index contributed by atoms with van der Waals surface area (Å²) in [5.41, 5.74) is 12.1. The molecule has 4 amide bonds. The van der Waals surface area contributed by atoms with E-state index < -0.39 is 95.6 Å². The monoisotopic (exact) mass is 1180 g/mol. The number of primary amides is 2. The van der Waals surface area contributed by atoms with E-state index in [0.29, 0.717) is 37.1 Å². The second kappa shape index (κ2) is 33.7. The van der Waals surface area contributed by atoms with Gasteiger partial charge < -0.3 is 66.5 Å². The van der Waals surface area contributed by atoms with Crippen molar-refractivity contribution >= 4 is 58.7 Å². The number of amides is 4. The number of carbonyl (C=O) groups excluding carboxylic acids is 10. The highest BCUT2D eigenvalue weighted by Crippen LogP contribution is 2.30. The van der Waals surface area contributed by atoms with Gasteiger partial charge in [0.05, 0.1) is 22.8 Å². The molecule has 10 atom stereocenters. The van der Waals surface area contributed by atoms with Crippen LogP contribution in [0.25, 0.3) is 0 Å². The molecule has 0 radical (unpaired) electrons. The molecule has 23 heteroatoms. The van der Waals surface area contributed by atoms with E-state index in [1.165, 1.54) is 66.6 Å². The van der Waals surface area contributed by atoms with Crippen molar-refractivity contribution in [3.8, 4) is 0 Å². The Balaban J connectivity index is 1.49. The number of fused-ring (bicyclic) bond motifs is 4. The first-order valence-corrected chi connectivity index (χ1v) is 28.3. The van der Waals surface area contributed by atoms with Gasteiger partial charge in [0.2, 0.25) is 23.1 Å². The summed E-state index contributed by atoms with van der Waals surface area (Å²) in [4.78, 5) is 135. The fourth-order valence-corrected chi connectivity index (χ4v) is 10.2. The topological polar surface area (TPSA) is 338 Å². The van der Waals surface area contributed by atoms with Crippen LogP contribution in [-0.4, -0.2) is 150 Å². The lowest BCUT2D eigenvalue weighted by molar-refractivity contribution is -0.132. The lowest BCUT2D eigenvalue weighted by Gasteiger charge is -2.26. The van der Waals surface area contributed by atoms with Crippen molar-refractivity contribution < 1.29 is 76.4 Å². The molecule has 0 aromatic heterocycles. The molecule has 4 bridgehead atoms. The highest BCUT2D eigenvalue weighted by atomic mass is 16.6. The number of hydrogen-bond acceptors (Lipinski definition) is 19. The number of rotatable bonds is 16. The normalized spacial score (nSPS) is 30.0. The molecule has 0 unspecified atom stereocenters. The first-order valence-electron chi connectivity index (χ1n) is 28.3. The molecule has 4 rings (SSSR count). The summed E-state index contributed by atoms with van der Waals surface area (Å²) >= 11 is 0. The molecule has 0 aromatic rings. The van der Waals surface area contributed by atoms with Gasteiger partial charge in [-0.15, -0.1) is 0 Å². The van der Waals surface area contributed by atoms with Gasteiger partial charge in [0, 0.05) is 87.8 Å². The third-order valence-electron chi connectivity index (χ3n) is 14.8. The third-order valence-corrected chi connectivity index (χ3v) is 14.8. The molecule has 0 saturated carbocycles. The molecule has 23 nitrogen and oxygen atoms in total. The van der Waals surface area contributed by atoms with Crippen LogP contribution in [0.4, 0.5) is 9.59 Å². The molecule has 9 N–H and O–H groups in total. The van der Waals surface area contributed by atoms with Crippen LogP contribution in [-0.2, 0) is 66.8 Å². The maximum absolute atomic E-state index is 14.2. The number of allylic oxidation sites excluding steroid dienone is 10. The summed E-state index contributed by atoms with van der Waals surface area (Å²) in [7, 11) is 5.60. The van der Waals surface area contributed by atoms with Gasteiger partial charge in [0.1, 0.15) is 24.4 Å². The summed E-state index contributed by atoms with van der Waals surface area (Å²) in [6, 6.07) is 0. The average Bonchev–Trinajstić information content (AvgIpc) is 2.30. The molecule has 0 spiro atoms. The van der Waals surface area contributed by atoms with Crippen LogP contribution in [0.15, 0.2) is 117 Å². The summed E-state index contributed by atoms with van der Waals surface area (Å²) in [6.45, 7) is 14.8. The summed E-state index contributed by atoms with van der Waals surface area (Å²) in [6.07, 6.45) is 8.12. The molecule has 2 aliphatic carbocycles. The molecule has 464 valence electrons. The van der Waals surface area contributed by atoms with E-state index in [9.17, 15) is 47.9 Å². The minimum Gasteiger partial charge on any atom is -0.439 e. The second-order valence-electron chi connectivity index (χ2n) is 21.8. The summed E-state index contributed by atoms with van der Waals surface area (Å²) in [5.74, 6) is -6.27. The van der Waals surface area contributed by atoms with Gasteiger partial charge in [0.15, 0.2) is 23.8 Å². The lowest BCUT2D eigenvalue weighted by Crippen LogP contribution is -2.37. The fourth-order valence-electron chi connectivity index (χ4n) is 10.2. The van der Waals surface area contributed by atoms with Gasteiger partial charge in [-0.25, -0.2) is 9.59 Å². The van der Waals surface area contributed by atoms with Crippen molar-refractivity contribution in [2.45, 2.75) is 131 Å². The minimum absolute atomic E-state index is 0.0495. The molecule has 2 heterocycles. The van der Waals surface area contributed by atoms with Crippen LogP contribution in [0.3, 0.4) is 0 Å². The Morgan fingerprint density at radius 3 is 1.25 bits per heavy atom. The van der Waals surface area contributed by atoms with Crippen molar-refractivity contribution in [2.75, 3.05) is 54.6 Å². The highest BCUT2D eigenvalue weighted by Gasteiger charge is 2.36. The average molecular weight is 1180 g/mol. The van der Waals surface area contributed by atoms with Gasteiger partial charge in [0.25, 0.3) is 11.8 Å². The number of ether oxygens (including phenoxy) is 6. The number of ketones is 6. The van der Waals surface area contributed by atoms with Crippen molar-refractivity contribution in [1.82, 2.24) is 26.6 Å². The van der Waals surface area contributed by atoms with Crippen molar-refractivity contribution in [2.24, 2.45) is 35.1 Å². The Hall–Kier alpha value is -7.70. The van der Waals surface area contributed by atoms with Crippen LogP contribution >= 0.6 is 0 Å². The Kier molecular flexibility index (Phi) is 27.7. The van der Waals surface area contributed by atoms with Crippen LogP contribution in [0.1, 0.15) is 93.9 Å². The minimum atomic E-state index is -1.06. The van der Waals surface area contributed by atoms with Gasteiger partial charge in [-0.05, 0) is 102 Å². The standard InChI is InChI=1S/C62H85N7O16/c1-33-25-41-51(45(70)31-43(55(41)74)68-59(76)35(3)17-13-19-47(80-9)57(84-61(63)78)39(7)29-37(5)53(72)49(27-33)82-11)66-23-15-21-65-22-16-24-67-52-42-26-34(2)28-50(83-12)54(73)38(6)30-40(8)58(85-62(64)79)48(81-10)20-14-18-36(4)60(77)69-44(56(42)75)32-46(52)71/h13-14,17-20,29-34,37-38,47-50,57-58,65-67H,15-16,21-28H2,1-12H3,(H2,63,78)(H2,64,79)(H,68,76)(H,69,77)/b19-13-,20-14-,35-17+,36-18+,39-29+,40-30+/t33-,34+,37+,38-,47+,48-,49+,50-,57+,58-. The third kappa shape index (κ3) is 20.2. The maximum atomic E-state index is 14.2. The predicted molar refractivity (Wildman–Crippen MR) is 315 cm³/mol. The first-order chi connectivity index (χ1) is 40.3. The Morgan fingerprint density at radius 2 is 0.918 bits per heavy atom. The van der Waals surface area contributed by atoms with Crippen LogP contribution in [0.5, 0.6) is 0 Å². The number of methoxy groups -OCH3 is 4. The zero-order valence-corrected chi connectivity index (χ0v) is 50.8. The zero-order valence-electron chi connectivity index (χ0n) is 50.8. The van der Waals surface area contributed by atoms with Gasteiger partial charge in [-0.2, -0.15) is 0 Å². The second-order valence-corrected chi connectivity index (χ2v) is 21.8. The molecule has 2 aliphatic heterocycles. The zero-order chi connectivity index (χ0) is 63.2. The number of Topliss-reactive ketones (excluding diaryl/α,β-unsaturated/α-hetero) is 4. The molecule has 4 aliphatic rings. The number of carbonyl (C=O) groups is 10. The largest absolute Gasteiger partial charge is 0.439 e. The van der Waals surface area contributed by atoms with Gasteiger partial charge in [-0.1, -0.05) is 76.3 Å². The molecule has 0 saturated heterocycles. The van der Waals surface area contributed by atoms with Crippen LogP contribution < -0.4 is 38.1 Å². The predicted octanol–water partition coefficient (Wildman–Crippen LogP) is 4.50. The van der Waals surface area contributed by atoms with Crippen molar-refractivity contribution in [1.29, 1.82) is 0 Å². The molecular weight excluding hydrogens is 1100 g/mol. The summed E-state index contributed by atoms with van der Waals surface area (Å²) < 4.78 is 33.4. The van der Waals surface area contributed by atoms with Crippen molar-refractivity contribution in [3.63, 3.8) is 0 Å². The number of nitrogens with one attached hydrogen (secondary N) is 5. The summed E-state index contributed by atoms with van der Waals surface area (Å²) in [5, 5.41) is 14.8. The Labute approximate surface area is 497 Å². The van der Waals surface area contributed by atoms with E-state index in [1.54, 1.807) is 52.0 Å². The fraction of sp³-hybridized carbons (Fsp3) is 0.516. The van der Waals surface area contributed by atoms with Crippen LogP contribution in [0, 0.1) is 23.7 Å². The smallest absolute Gasteiger partial charge is 0.405 e. The van der Waals surface area contributed by atoms with Gasteiger partial charge >= 0.3 is 12.2 Å². The van der Waals surface area contributed by atoms with E-state index in [1.807, 2.05) is 13.8 Å².